The molecule has 1 radical (unpaired) electrons. The Morgan fingerprint density at radius 2 is 1.15 bits per heavy atom. The van der Waals surface area contributed by atoms with Crippen LogP contribution >= 0.6 is 0 Å². The molecule has 16 heteroatoms. The Hall–Kier alpha value is -2.91. The number of hydrogen-bond acceptors (Lipinski definition) is 10. The van der Waals surface area contributed by atoms with Gasteiger partial charge in [-0.25, -0.2) is 9.97 Å². The van der Waals surface area contributed by atoms with E-state index in [0.717, 1.165) is 0 Å². The third-order valence-electron chi connectivity index (χ3n) is 2.51. The summed E-state index contributed by atoms with van der Waals surface area (Å²) >= 11 is 0. The fourth-order valence-corrected chi connectivity index (χ4v) is 1.55. The van der Waals surface area contributed by atoms with E-state index in [4.69, 9.17) is 17.5 Å². The van der Waals surface area contributed by atoms with Crippen LogP contribution in [0.1, 0.15) is 0 Å². The zero-order chi connectivity index (χ0) is 18.4. The van der Waals surface area contributed by atoms with Gasteiger partial charge < -0.3 is 19.1 Å². The molecule has 0 aliphatic carbocycles. The van der Waals surface area contributed by atoms with Gasteiger partial charge in [-0.2, -0.15) is 10.2 Å². The van der Waals surface area contributed by atoms with Crippen molar-refractivity contribution in [2.75, 3.05) is 0 Å². The molecule has 4 heterocycles. The summed E-state index contributed by atoms with van der Waals surface area (Å²) in [6.45, 7) is 0. The normalized spacial score (nSPS) is 10.2. The summed E-state index contributed by atoms with van der Waals surface area (Å²) in [6, 6.07) is 0. The van der Waals surface area contributed by atoms with E-state index in [2.05, 4.69) is 40.3 Å². The fraction of sp³-hybridized carbons (Fsp3) is 0. The number of aromatic nitrogens is 8. The van der Waals surface area contributed by atoms with Crippen molar-refractivity contribution in [1.82, 2.24) is 40.3 Å². The number of nitrogens with zero attached hydrogens (tertiary/aromatic N) is 4. The summed E-state index contributed by atoms with van der Waals surface area (Å²) in [7, 11) is -5.17. The van der Waals surface area contributed by atoms with Crippen molar-refractivity contribution in [3.63, 3.8) is 0 Å². The molecule has 4 aromatic rings. The van der Waals surface area contributed by atoms with Gasteiger partial charge in [0, 0.05) is 10.4 Å². The minimum absolute atomic E-state index is 0. The molecule has 4 rings (SSSR count). The molecule has 0 aliphatic heterocycles. The Balaban J connectivity index is 0.000000204. The summed E-state index contributed by atoms with van der Waals surface area (Å²) < 4.78 is 34.1. The molecule has 26 heavy (non-hydrogen) atoms. The van der Waals surface area contributed by atoms with E-state index >= 15 is 0 Å². The van der Waals surface area contributed by atoms with Crippen LogP contribution in [0.15, 0.2) is 34.6 Å². The van der Waals surface area contributed by atoms with Crippen molar-refractivity contribution < 1.29 is 34.6 Å². The minimum atomic E-state index is -5.17. The van der Waals surface area contributed by atoms with Crippen molar-refractivity contribution in [3.05, 3.63) is 45.8 Å². The standard InChI is InChI=1S/2C5H4N4O.Cu.H2O4S/c2*10-5-3-1-8-9-4(3)6-2-7-5;;1-5(2,3)4/h2*1-2H,(H2,6,7,8,9,10);;(H2,1,2,3,4)/q;;+2;/p-2. The molecule has 4 N–H and O–H groups in total. The first-order valence-corrected chi connectivity index (χ1v) is 7.49. The van der Waals surface area contributed by atoms with Crippen LogP contribution in [-0.4, -0.2) is 57.9 Å². The number of H-pyrrole nitrogens is 4. The molecule has 4 aromatic heterocycles. The molecule has 0 aliphatic rings. The van der Waals surface area contributed by atoms with Crippen molar-refractivity contribution in [2.24, 2.45) is 0 Å². The Morgan fingerprint density at radius 1 is 0.808 bits per heavy atom. The summed E-state index contributed by atoms with van der Waals surface area (Å²) in [5.74, 6) is 0. The van der Waals surface area contributed by atoms with Gasteiger partial charge >= 0.3 is 17.1 Å². The largest absolute Gasteiger partial charge is 2.00 e. The molecule has 141 valence electrons. The second kappa shape index (κ2) is 8.97. The molecule has 0 unspecified atom stereocenters. The molecule has 0 fully saturated rings. The summed E-state index contributed by atoms with van der Waals surface area (Å²) in [6.07, 6.45) is 5.56. The third kappa shape index (κ3) is 6.19. The second-order valence-electron chi connectivity index (χ2n) is 4.14. The van der Waals surface area contributed by atoms with Gasteiger partial charge in [-0.05, 0) is 0 Å². The SMILES string of the molecule is O=S(=O)([O-])[O-].O=c1[nH]cnc2[nH]ncc12.O=c1[nH]cnc2[nH]ncc12.[Cu+2]. The van der Waals surface area contributed by atoms with E-state index in [1.54, 1.807) is 0 Å². The van der Waals surface area contributed by atoms with Crippen molar-refractivity contribution in [3.8, 4) is 0 Å². The van der Waals surface area contributed by atoms with Crippen LogP contribution in [0.5, 0.6) is 0 Å². The summed E-state index contributed by atoms with van der Waals surface area (Å²) in [5, 5.41) is 13.4. The molecule has 0 bridgehead atoms. The predicted molar refractivity (Wildman–Crippen MR) is 79.5 cm³/mol. The van der Waals surface area contributed by atoms with E-state index < -0.39 is 10.4 Å². The minimum Gasteiger partial charge on any atom is -0.759 e. The molecular weight excluding hydrogens is 424 g/mol. The van der Waals surface area contributed by atoms with E-state index in [-0.39, 0.29) is 28.2 Å². The van der Waals surface area contributed by atoms with Gasteiger partial charge in [0.25, 0.3) is 11.1 Å². The van der Waals surface area contributed by atoms with E-state index in [0.29, 0.717) is 22.1 Å². The molecule has 0 atom stereocenters. The monoisotopic (exact) mass is 431 g/mol. The first kappa shape index (κ1) is 21.1. The third-order valence-corrected chi connectivity index (χ3v) is 2.51. The van der Waals surface area contributed by atoms with Crippen molar-refractivity contribution >= 4 is 32.5 Å². The average molecular weight is 432 g/mol. The molecule has 0 saturated heterocycles. The predicted octanol–water partition coefficient (Wildman–Crippen LogP) is -2.05. The Bertz CT molecular complexity index is 1110. The van der Waals surface area contributed by atoms with Crippen LogP contribution < -0.4 is 11.1 Å². The van der Waals surface area contributed by atoms with Crippen molar-refractivity contribution in [1.29, 1.82) is 0 Å². The van der Waals surface area contributed by atoms with E-state index in [9.17, 15) is 9.59 Å². The second-order valence-corrected chi connectivity index (χ2v) is 4.95. The maximum Gasteiger partial charge on any atom is 2.00 e. The van der Waals surface area contributed by atoms with E-state index in [1.165, 1.54) is 25.0 Å². The molecule has 0 saturated carbocycles. The van der Waals surface area contributed by atoms with Crippen LogP contribution in [0.3, 0.4) is 0 Å². The quantitative estimate of drug-likeness (QED) is 0.135. The van der Waals surface area contributed by atoms with Gasteiger partial charge in [-0.1, -0.05) is 0 Å². The van der Waals surface area contributed by atoms with Gasteiger partial charge in [-0.15, -0.1) is 0 Å². The molecule has 0 aromatic carbocycles. The average Bonchev–Trinajstić information content (AvgIpc) is 3.16. The molecule has 14 nitrogen and oxygen atoms in total. The van der Waals surface area contributed by atoms with Gasteiger partial charge in [0.05, 0.1) is 25.0 Å². The first-order chi connectivity index (χ1) is 11.8. The van der Waals surface area contributed by atoms with E-state index in [1.807, 2.05) is 0 Å². The number of rotatable bonds is 0. The zero-order valence-corrected chi connectivity index (χ0v) is 14.0. The number of hydrogen-bond donors (Lipinski definition) is 4. The van der Waals surface area contributed by atoms with Crippen LogP contribution in [0.4, 0.5) is 0 Å². The summed E-state index contributed by atoms with van der Waals surface area (Å²) in [5.41, 5.74) is 0.699. The smallest absolute Gasteiger partial charge is 0.759 e. The van der Waals surface area contributed by atoms with Crippen LogP contribution in [0.2, 0.25) is 0 Å². The maximum atomic E-state index is 10.9. The number of fused-ring (bicyclic) bond motifs is 2. The van der Waals surface area contributed by atoms with Gasteiger partial charge in [0.2, 0.25) is 0 Å². The fourth-order valence-electron chi connectivity index (χ4n) is 1.55. The van der Waals surface area contributed by atoms with Crippen LogP contribution in [0.25, 0.3) is 22.1 Å². The van der Waals surface area contributed by atoms with Crippen LogP contribution in [0, 0.1) is 0 Å². The van der Waals surface area contributed by atoms with Gasteiger partial charge in [-0.3, -0.25) is 28.2 Å². The van der Waals surface area contributed by atoms with Crippen LogP contribution in [-0.2, 0) is 27.5 Å². The summed E-state index contributed by atoms with van der Waals surface area (Å²) in [4.78, 5) is 34.3. The molecular formula is C10H8CuN8O6S. The van der Waals surface area contributed by atoms with Gasteiger partial charge in [0.1, 0.15) is 10.8 Å². The molecule has 0 spiro atoms. The van der Waals surface area contributed by atoms with Gasteiger partial charge in [0.15, 0.2) is 11.3 Å². The Kier molecular flexibility index (Phi) is 7.29. The first-order valence-electron chi connectivity index (χ1n) is 6.16. The maximum absolute atomic E-state index is 10.9. The molecule has 0 amide bonds. The number of nitrogens with one attached hydrogen (secondary N) is 4. The number of aromatic amines is 4. The Labute approximate surface area is 153 Å². The Morgan fingerprint density at radius 3 is 1.46 bits per heavy atom. The van der Waals surface area contributed by atoms with Crippen molar-refractivity contribution in [2.45, 2.75) is 0 Å². The zero-order valence-electron chi connectivity index (χ0n) is 12.3. The topological polar surface area (TPSA) is 229 Å².